The van der Waals surface area contributed by atoms with Crippen LogP contribution in [0.4, 0.5) is 0 Å². The number of H-pyrrole nitrogens is 1. The van der Waals surface area contributed by atoms with Crippen molar-refractivity contribution in [3.63, 3.8) is 0 Å². The maximum atomic E-state index is 5.06. The summed E-state index contributed by atoms with van der Waals surface area (Å²) in [5, 5.41) is 3.48. The van der Waals surface area contributed by atoms with E-state index in [1.807, 2.05) is 6.07 Å². The van der Waals surface area contributed by atoms with Crippen molar-refractivity contribution in [1.29, 1.82) is 0 Å². The fraction of sp³-hybridized carbons (Fsp3) is 0.500. The van der Waals surface area contributed by atoms with Gasteiger partial charge in [-0.2, -0.15) is 0 Å². The van der Waals surface area contributed by atoms with Crippen LogP contribution in [0, 0.1) is 11.6 Å². The molecule has 0 saturated carbocycles. The van der Waals surface area contributed by atoms with Crippen LogP contribution in [0.2, 0.25) is 0 Å². The molecule has 1 saturated heterocycles. The van der Waals surface area contributed by atoms with Crippen LogP contribution in [0.25, 0.3) is 0 Å². The second-order valence-corrected chi connectivity index (χ2v) is 3.99. The van der Waals surface area contributed by atoms with Crippen LogP contribution in [0.5, 0.6) is 0 Å². The fourth-order valence-electron chi connectivity index (χ4n) is 1.92. The Kier molecular flexibility index (Phi) is 2.47. The molecule has 70 valence electrons. The molecule has 2 nitrogen and oxygen atoms in total. The third-order valence-electron chi connectivity index (χ3n) is 2.59. The smallest absolute Gasteiger partial charge is 0.103 e. The van der Waals surface area contributed by atoms with E-state index >= 15 is 0 Å². The zero-order valence-corrected chi connectivity index (χ0v) is 8.58. The zero-order chi connectivity index (χ0) is 9.26. The number of aromatic nitrogens is 1. The Hall–Kier alpha value is -0.670. The van der Waals surface area contributed by atoms with E-state index in [1.54, 1.807) is 0 Å². The first-order valence-electron chi connectivity index (χ1n) is 4.70. The van der Waals surface area contributed by atoms with Crippen molar-refractivity contribution < 1.29 is 0 Å². The summed E-state index contributed by atoms with van der Waals surface area (Å²) < 4.78 is 0.819. The van der Waals surface area contributed by atoms with E-state index in [0.29, 0.717) is 6.04 Å². The number of hydrogen-bond donors (Lipinski definition) is 2. The highest BCUT2D eigenvalue weighted by molar-refractivity contribution is 7.71. The highest BCUT2D eigenvalue weighted by Crippen LogP contribution is 2.24. The predicted molar refractivity (Wildman–Crippen MR) is 56.3 cm³/mol. The Balaban J connectivity index is 2.34. The van der Waals surface area contributed by atoms with E-state index in [-0.39, 0.29) is 0 Å². The second kappa shape index (κ2) is 3.60. The second-order valence-electron chi connectivity index (χ2n) is 3.55. The van der Waals surface area contributed by atoms with Crippen LogP contribution in [-0.2, 0) is 0 Å². The summed E-state index contributed by atoms with van der Waals surface area (Å²) in [6.45, 7) is 3.23. The predicted octanol–water partition coefficient (Wildman–Crippen LogP) is 2.48. The fourth-order valence-corrected chi connectivity index (χ4v) is 2.14. The monoisotopic (exact) mass is 194 g/mol. The molecule has 0 amide bonds. The normalized spacial score (nSPS) is 22.1. The molecular weight excluding hydrogens is 180 g/mol. The summed E-state index contributed by atoms with van der Waals surface area (Å²) >= 11 is 5.06. The molecule has 0 radical (unpaired) electrons. The molecule has 1 aromatic heterocycles. The Labute approximate surface area is 83.4 Å². The van der Waals surface area contributed by atoms with Crippen LogP contribution in [-0.4, -0.2) is 11.5 Å². The molecule has 2 N–H and O–H groups in total. The van der Waals surface area contributed by atoms with E-state index in [0.717, 1.165) is 11.2 Å². The molecule has 0 unspecified atom stereocenters. The molecule has 2 rings (SSSR count). The summed E-state index contributed by atoms with van der Waals surface area (Å²) in [5.74, 6) is 0. The molecule has 1 aromatic rings. The van der Waals surface area contributed by atoms with E-state index < -0.39 is 0 Å². The first-order valence-corrected chi connectivity index (χ1v) is 5.11. The summed E-state index contributed by atoms with van der Waals surface area (Å²) in [6.07, 6.45) is 2.52. The van der Waals surface area contributed by atoms with Crippen molar-refractivity contribution in [3.05, 3.63) is 28.0 Å². The van der Waals surface area contributed by atoms with Gasteiger partial charge in [-0.25, -0.2) is 0 Å². The minimum absolute atomic E-state index is 0.534. The Morgan fingerprint density at radius 3 is 2.92 bits per heavy atom. The van der Waals surface area contributed by atoms with E-state index in [9.17, 15) is 0 Å². The molecule has 0 aromatic carbocycles. The van der Waals surface area contributed by atoms with Crippen LogP contribution < -0.4 is 5.32 Å². The lowest BCUT2D eigenvalue weighted by atomic mass is 10.0. The number of aryl methyl sites for hydroxylation is 1. The average Bonchev–Trinajstić information content (AvgIpc) is 2.56. The molecule has 0 aliphatic carbocycles. The standard InChI is InChI=1S/C10H14N2S/c1-7-8(4-5-10(13)12-7)9-3-2-6-11-9/h4-5,9,11H,2-3,6H2,1H3,(H,12,13)/t9-/m0/s1. The maximum Gasteiger partial charge on any atom is 0.103 e. The first-order chi connectivity index (χ1) is 6.27. The largest absolute Gasteiger partial charge is 0.350 e. The number of nitrogens with one attached hydrogen (secondary N) is 2. The Bertz CT molecular complexity index is 350. The SMILES string of the molecule is Cc1[nH]c(=S)ccc1[C@@H]1CCCN1. The minimum Gasteiger partial charge on any atom is -0.350 e. The highest BCUT2D eigenvalue weighted by atomic mass is 32.1. The van der Waals surface area contributed by atoms with Gasteiger partial charge in [-0.15, -0.1) is 0 Å². The molecule has 13 heavy (non-hydrogen) atoms. The highest BCUT2D eigenvalue weighted by Gasteiger charge is 2.17. The zero-order valence-electron chi connectivity index (χ0n) is 7.76. The Morgan fingerprint density at radius 2 is 2.31 bits per heavy atom. The van der Waals surface area contributed by atoms with Gasteiger partial charge in [0, 0.05) is 11.7 Å². The molecular formula is C10H14N2S. The van der Waals surface area contributed by atoms with Crippen molar-refractivity contribution in [1.82, 2.24) is 10.3 Å². The van der Waals surface area contributed by atoms with Crippen LogP contribution in [0.15, 0.2) is 12.1 Å². The minimum atomic E-state index is 0.534. The van der Waals surface area contributed by atoms with E-state index in [2.05, 4.69) is 23.3 Å². The van der Waals surface area contributed by atoms with Crippen molar-refractivity contribution in [2.75, 3.05) is 6.54 Å². The van der Waals surface area contributed by atoms with E-state index in [1.165, 1.54) is 24.1 Å². The summed E-state index contributed by atoms with van der Waals surface area (Å²) in [6, 6.07) is 4.64. The first kappa shape index (κ1) is 8.91. The van der Waals surface area contributed by atoms with Crippen LogP contribution in [0.3, 0.4) is 0 Å². The van der Waals surface area contributed by atoms with Gasteiger partial charge in [-0.05, 0) is 37.9 Å². The number of hydrogen-bond acceptors (Lipinski definition) is 2. The molecule has 0 spiro atoms. The van der Waals surface area contributed by atoms with Crippen molar-refractivity contribution in [2.45, 2.75) is 25.8 Å². The van der Waals surface area contributed by atoms with Crippen molar-refractivity contribution in [2.24, 2.45) is 0 Å². The quantitative estimate of drug-likeness (QED) is 0.672. The lowest BCUT2D eigenvalue weighted by Crippen LogP contribution is -2.14. The van der Waals surface area contributed by atoms with Crippen LogP contribution in [0.1, 0.15) is 30.1 Å². The summed E-state index contributed by atoms with van der Waals surface area (Å²) in [4.78, 5) is 3.19. The lowest BCUT2D eigenvalue weighted by Gasteiger charge is -2.12. The van der Waals surface area contributed by atoms with Gasteiger partial charge in [-0.3, -0.25) is 0 Å². The molecule has 1 fully saturated rings. The van der Waals surface area contributed by atoms with Gasteiger partial charge in [0.1, 0.15) is 4.64 Å². The maximum absolute atomic E-state index is 5.06. The average molecular weight is 194 g/mol. The Morgan fingerprint density at radius 1 is 1.46 bits per heavy atom. The third-order valence-corrected chi connectivity index (χ3v) is 2.83. The van der Waals surface area contributed by atoms with Crippen LogP contribution >= 0.6 is 12.2 Å². The topological polar surface area (TPSA) is 27.8 Å². The van der Waals surface area contributed by atoms with Gasteiger partial charge in [0.2, 0.25) is 0 Å². The number of pyridine rings is 1. The van der Waals surface area contributed by atoms with Gasteiger partial charge in [0.15, 0.2) is 0 Å². The summed E-state index contributed by atoms with van der Waals surface area (Å²) in [7, 11) is 0. The van der Waals surface area contributed by atoms with E-state index in [4.69, 9.17) is 12.2 Å². The lowest BCUT2D eigenvalue weighted by molar-refractivity contribution is 0.639. The molecule has 1 atom stereocenters. The third kappa shape index (κ3) is 1.81. The molecule has 0 bridgehead atoms. The van der Waals surface area contributed by atoms with Crippen molar-refractivity contribution >= 4 is 12.2 Å². The van der Waals surface area contributed by atoms with Gasteiger partial charge in [0.05, 0.1) is 0 Å². The molecule has 3 heteroatoms. The molecule has 1 aliphatic rings. The molecule has 2 heterocycles. The summed E-state index contributed by atoms with van der Waals surface area (Å²) in [5.41, 5.74) is 2.57. The molecule has 1 aliphatic heterocycles. The number of aromatic amines is 1. The van der Waals surface area contributed by atoms with Gasteiger partial charge < -0.3 is 10.3 Å². The number of rotatable bonds is 1. The van der Waals surface area contributed by atoms with Gasteiger partial charge in [0.25, 0.3) is 0 Å². The van der Waals surface area contributed by atoms with Gasteiger partial charge in [-0.1, -0.05) is 18.3 Å². The van der Waals surface area contributed by atoms with Crippen molar-refractivity contribution in [3.8, 4) is 0 Å². The van der Waals surface area contributed by atoms with Gasteiger partial charge >= 0.3 is 0 Å².